The average molecular weight is 347 g/mol. The Morgan fingerprint density at radius 2 is 2.04 bits per heavy atom. The fraction of sp³-hybridized carbons (Fsp3) is 0.733. The van der Waals surface area contributed by atoms with Crippen molar-refractivity contribution >= 4 is 5.91 Å². The highest BCUT2D eigenvalue weighted by Crippen LogP contribution is 2.29. The number of amides is 1. The molecule has 0 spiro atoms. The van der Waals surface area contributed by atoms with Crippen LogP contribution in [0.1, 0.15) is 37.4 Å². The minimum atomic E-state index is -4.45. The highest BCUT2D eigenvalue weighted by Gasteiger charge is 2.35. The fourth-order valence-corrected chi connectivity index (χ4v) is 3.02. The minimum Gasteiger partial charge on any atom is -0.352 e. The summed E-state index contributed by atoms with van der Waals surface area (Å²) in [6, 6.07) is 0.719. The van der Waals surface area contributed by atoms with E-state index in [9.17, 15) is 18.0 Å². The van der Waals surface area contributed by atoms with Crippen molar-refractivity contribution in [1.82, 2.24) is 14.7 Å². The smallest absolute Gasteiger partial charge is 0.352 e. The minimum absolute atomic E-state index is 0.102. The first-order chi connectivity index (χ1) is 11.4. The van der Waals surface area contributed by atoms with Crippen LogP contribution in [0, 0.1) is 0 Å². The lowest BCUT2D eigenvalue weighted by molar-refractivity contribution is -0.187. The van der Waals surface area contributed by atoms with E-state index < -0.39 is 18.2 Å². The third kappa shape index (κ3) is 4.07. The third-order valence-electron chi connectivity index (χ3n) is 4.26. The Balaban J connectivity index is 1.59. The van der Waals surface area contributed by atoms with E-state index in [1.807, 2.05) is 0 Å². The van der Waals surface area contributed by atoms with Crippen LogP contribution in [-0.2, 0) is 20.4 Å². The summed E-state index contributed by atoms with van der Waals surface area (Å²) in [6.45, 7) is 2.10. The van der Waals surface area contributed by atoms with E-state index in [1.54, 1.807) is 4.90 Å². The van der Waals surface area contributed by atoms with Gasteiger partial charge < -0.3 is 14.4 Å². The van der Waals surface area contributed by atoms with Gasteiger partial charge in [0, 0.05) is 19.3 Å². The van der Waals surface area contributed by atoms with E-state index in [4.69, 9.17) is 9.47 Å². The Kier molecular flexibility index (Phi) is 5.09. The molecule has 0 unspecified atom stereocenters. The van der Waals surface area contributed by atoms with Crippen LogP contribution in [-0.4, -0.2) is 53.2 Å². The van der Waals surface area contributed by atoms with E-state index in [1.165, 1.54) is 10.9 Å². The zero-order valence-electron chi connectivity index (χ0n) is 13.2. The lowest BCUT2D eigenvalue weighted by Gasteiger charge is -2.34. The second kappa shape index (κ2) is 7.10. The standard InChI is InChI=1S/C15H20F3N3O3/c16-15(17,18)12-4-6-21(19-12)11-3-1-5-20(10-11)13(22)9-14-23-7-2-8-24-14/h4,6,11,14H,1-3,5,7-10H2/t11-/m0/s1. The van der Waals surface area contributed by atoms with Gasteiger partial charge in [0.25, 0.3) is 0 Å². The number of carbonyl (C=O) groups is 1. The van der Waals surface area contributed by atoms with Crippen molar-refractivity contribution in [3.8, 4) is 0 Å². The molecule has 134 valence electrons. The maximum absolute atomic E-state index is 12.7. The molecule has 0 radical (unpaired) electrons. The van der Waals surface area contributed by atoms with Crippen molar-refractivity contribution in [2.75, 3.05) is 26.3 Å². The summed E-state index contributed by atoms with van der Waals surface area (Å²) >= 11 is 0. The maximum Gasteiger partial charge on any atom is 0.435 e. The van der Waals surface area contributed by atoms with E-state index in [0.29, 0.717) is 32.7 Å². The number of hydrogen-bond donors (Lipinski definition) is 0. The van der Waals surface area contributed by atoms with Crippen molar-refractivity contribution in [3.05, 3.63) is 18.0 Å². The summed E-state index contributed by atoms with van der Waals surface area (Å²) in [4.78, 5) is 14.0. The summed E-state index contributed by atoms with van der Waals surface area (Å²) in [5.74, 6) is -0.102. The average Bonchev–Trinajstić information content (AvgIpc) is 3.06. The van der Waals surface area contributed by atoms with Crippen molar-refractivity contribution < 1.29 is 27.4 Å². The van der Waals surface area contributed by atoms with Crippen LogP contribution < -0.4 is 0 Å². The molecule has 0 aliphatic carbocycles. The van der Waals surface area contributed by atoms with Crippen LogP contribution in [0.15, 0.2) is 12.3 Å². The Morgan fingerprint density at radius 1 is 1.29 bits per heavy atom. The van der Waals surface area contributed by atoms with Gasteiger partial charge in [-0.05, 0) is 25.3 Å². The van der Waals surface area contributed by atoms with Crippen LogP contribution in [0.4, 0.5) is 13.2 Å². The molecule has 1 amide bonds. The first-order valence-electron chi connectivity index (χ1n) is 8.07. The van der Waals surface area contributed by atoms with E-state index in [-0.39, 0.29) is 18.4 Å². The quantitative estimate of drug-likeness (QED) is 0.841. The normalized spacial score (nSPS) is 23.5. The van der Waals surface area contributed by atoms with Gasteiger partial charge >= 0.3 is 6.18 Å². The van der Waals surface area contributed by atoms with Crippen LogP contribution in [0.25, 0.3) is 0 Å². The third-order valence-corrected chi connectivity index (χ3v) is 4.26. The molecule has 1 aromatic rings. The Labute approximate surface area is 137 Å². The topological polar surface area (TPSA) is 56.6 Å². The molecule has 6 nitrogen and oxygen atoms in total. The lowest BCUT2D eigenvalue weighted by Crippen LogP contribution is -2.43. The number of halogens is 3. The number of piperidine rings is 1. The number of hydrogen-bond acceptors (Lipinski definition) is 4. The number of carbonyl (C=O) groups excluding carboxylic acids is 1. The molecule has 2 fully saturated rings. The first-order valence-corrected chi connectivity index (χ1v) is 8.07. The van der Waals surface area contributed by atoms with Crippen LogP contribution in [0.2, 0.25) is 0 Å². The molecule has 2 aliphatic heterocycles. The largest absolute Gasteiger partial charge is 0.435 e. The molecule has 0 bridgehead atoms. The SMILES string of the molecule is O=C(CC1OCCCO1)N1CCC[C@H](n2ccc(C(F)(F)F)n2)C1. The van der Waals surface area contributed by atoms with Gasteiger partial charge in [-0.25, -0.2) is 0 Å². The second-order valence-corrected chi connectivity index (χ2v) is 6.04. The summed E-state index contributed by atoms with van der Waals surface area (Å²) in [5.41, 5.74) is -0.907. The molecule has 2 saturated heterocycles. The maximum atomic E-state index is 12.7. The lowest BCUT2D eigenvalue weighted by atomic mass is 10.1. The molecular formula is C15H20F3N3O3. The highest BCUT2D eigenvalue weighted by atomic mass is 19.4. The molecular weight excluding hydrogens is 327 g/mol. The van der Waals surface area contributed by atoms with Crippen molar-refractivity contribution in [3.63, 3.8) is 0 Å². The number of rotatable bonds is 3. The molecule has 9 heteroatoms. The molecule has 0 saturated carbocycles. The summed E-state index contributed by atoms with van der Waals surface area (Å²) < 4.78 is 50.1. The monoisotopic (exact) mass is 347 g/mol. The van der Waals surface area contributed by atoms with Crippen LogP contribution in [0.3, 0.4) is 0 Å². The number of alkyl halides is 3. The summed E-state index contributed by atoms with van der Waals surface area (Å²) in [5, 5.41) is 3.62. The molecule has 2 aliphatic rings. The first kappa shape index (κ1) is 17.2. The molecule has 1 atom stereocenters. The van der Waals surface area contributed by atoms with E-state index in [2.05, 4.69) is 5.10 Å². The van der Waals surface area contributed by atoms with Gasteiger partial charge in [0.15, 0.2) is 12.0 Å². The predicted octanol–water partition coefficient (Wildman–Crippen LogP) is 2.22. The van der Waals surface area contributed by atoms with E-state index in [0.717, 1.165) is 18.9 Å². The molecule has 0 aromatic carbocycles. The van der Waals surface area contributed by atoms with Crippen LogP contribution >= 0.6 is 0 Å². The molecule has 1 aromatic heterocycles. The Bertz CT molecular complexity index is 570. The van der Waals surface area contributed by atoms with Gasteiger partial charge in [-0.15, -0.1) is 0 Å². The van der Waals surface area contributed by atoms with Gasteiger partial charge in [-0.1, -0.05) is 0 Å². The molecule has 24 heavy (non-hydrogen) atoms. The van der Waals surface area contributed by atoms with Crippen molar-refractivity contribution in [1.29, 1.82) is 0 Å². The zero-order chi connectivity index (χ0) is 17.2. The predicted molar refractivity (Wildman–Crippen MR) is 77.0 cm³/mol. The van der Waals surface area contributed by atoms with Gasteiger partial charge in [-0.2, -0.15) is 18.3 Å². The Morgan fingerprint density at radius 3 is 2.71 bits per heavy atom. The van der Waals surface area contributed by atoms with Gasteiger partial charge in [0.2, 0.25) is 5.91 Å². The van der Waals surface area contributed by atoms with E-state index >= 15 is 0 Å². The second-order valence-electron chi connectivity index (χ2n) is 6.04. The van der Waals surface area contributed by atoms with Gasteiger partial charge in [0.1, 0.15) is 0 Å². The number of ether oxygens (including phenoxy) is 2. The summed E-state index contributed by atoms with van der Waals surface area (Å²) in [6.07, 6.45) is -1.27. The fourth-order valence-electron chi connectivity index (χ4n) is 3.02. The number of likely N-dealkylation sites (tertiary alicyclic amines) is 1. The Hall–Kier alpha value is -1.61. The number of aromatic nitrogens is 2. The van der Waals surface area contributed by atoms with Crippen molar-refractivity contribution in [2.45, 2.75) is 44.2 Å². The van der Waals surface area contributed by atoms with Gasteiger partial charge in [0.05, 0.1) is 25.7 Å². The summed E-state index contributed by atoms with van der Waals surface area (Å²) in [7, 11) is 0. The highest BCUT2D eigenvalue weighted by molar-refractivity contribution is 5.76. The van der Waals surface area contributed by atoms with Crippen molar-refractivity contribution in [2.24, 2.45) is 0 Å². The van der Waals surface area contributed by atoms with Gasteiger partial charge in [-0.3, -0.25) is 9.48 Å². The molecule has 3 heterocycles. The molecule has 3 rings (SSSR count). The van der Waals surface area contributed by atoms with Crippen LogP contribution in [0.5, 0.6) is 0 Å². The molecule has 0 N–H and O–H groups in total. The zero-order valence-corrected chi connectivity index (χ0v) is 13.2. The number of nitrogens with zero attached hydrogens (tertiary/aromatic N) is 3.